The van der Waals surface area contributed by atoms with Gasteiger partial charge in [-0.2, -0.15) is 0 Å². The summed E-state index contributed by atoms with van der Waals surface area (Å²) < 4.78 is 10.7. The van der Waals surface area contributed by atoms with Crippen molar-refractivity contribution in [2.45, 2.75) is 20.3 Å². The molecule has 0 aliphatic heterocycles. The van der Waals surface area contributed by atoms with Gasteiger partial charge in [0, 0.05) is 17.4 Å². The van der Waals surface area contributed by atoms with Gasteiger partial charge in [0.15, 0.2) is 5.78 Å². The highest BCUT2D eigenvalue weighted by molar-refractivity contribution is 6.02. The lowest BCUT2D eigenvalue weighted by Gasteiger charge is -2.11. The van der Waals surface area contributed by atoms with E-state index in [-0.39, 0.29) is 17.8 Å². The highest BCUT2D eigenvalue weighted by atomic mass is 16.5. The molecule has 0 saturated heterocycles. The molecule has 3 rings (SSSR count). The van der Waals surface area contributed by atoms with Gasteiger partial charge in [-0.3, -0.25) is 4.79 Å². The SMILES string of the molecule is COc1ccc2c(C)c(C(=O)Cc3ccccc3)c(=O)oc2c1C. The summed E-state index contributed by atoms with van der Waals surface area (Å²) in [6.07, 6.45) is 0.174. The Hall–Kier alpha value is -2.88. The molecule has 0 saturated carbocycles. The molecule has 0 spiro atoms. The van der Waals surface area contributed by atoms with Gasteiger partial charge in [0.25, 0.3) is 0 Å². The van der Waals surface area contributed by atoms with Crippen LogP contribution in [0.2, 0.25) is 0 Å². The van der Waals surface area contributed by atoms with Crippen LogP contribution < -0.4 is 10.4 Å². The number of methoxy groups -OCH3 is 1. The Bertz CT molecular complexity index is 968. The second-order valence-electron chi connectivity index (χ2n) is 5.74. The van der Waals surface area contributed by atoms with Crippen LogP contribution in [0.25, 0.3) is 11.0 Å². The molecule has 0 aliphatic carbocycles. The average molecular weight is 322 g/mol. The number of hydrogen-bond donors (Lipinski definition) is 0. The van der Waals surface area contributed by atoms with Crippen LogP contribution in [0.5, 0.6) is 5.75 Å². The quantitative estimate of drug-likeness (QED) is 0.541. The first-order valence-electron chi connectivity index (χ1n) is 7.71. The summed E-state index contributed by atoms with van der Waals surface area (Å²) in [6.45, 7) is 3.61. The van der Waals surface area contributed by atoms with E-state index in [0.717, 1.165) is 16.5 Å². The molecule has 3 aromatic rings. The molecule has 0 unspecified atom stereocenters. The van der Waals surface area contributed by atoms with Crippen LogP contribution in [0, 0.1) is 13.8 Å². The van der Waals surface area contributed by atoms with Crippen molar-refractivity contribution in [3.8, 4) is 5.75 Å². The molecule has 0 bridgehead atoms. The Morgan fingerprint density at radius 1 is 1.04 bits per heavy atom. The topological polar surface area (TPSA) is 56.5 Å². The van der Waals surface area contributed by atoms with Gasteiger partial charge in [0.1, 0.15) is 16.9 Å². The maximum absolute atomic E-state index is 12.6. The third-order valence-corrected chi connectivity index (χ3v) is 4.24. The zero-order valence-corrected chi connectivity index (χ0v) is 13.9. The van der Waals surface area contributed by atoms with E-state index in [9.17, 15) is 9.59 Å². The molecule has 1 heterocycles. The maximum Gasteiger partial charge on any atom is 0.347 e. The summed E-state index contributed by atoms with van der Waals surface area (Å²) >= 11 is 0. The third-order valence-electron chi connectivity index (χ3n) is 4.24. The number of benzene rings is 2. The smallest absolute Gasteiger partial charge is 0.347 e. The molecule has 4 nitrogen and oxygen atoms in total. The molecule has 0 amide bonds. The highest BCUT2D eigenvalue weighted by Gasteiger charge is 2.20. The normalized spacial score (nSPS) is 10.8. The molecule has 0 atom stereocenters. The van der Waals surface area contributed by atoms with Crippen molar-refractivity contribution in [2.75, 3.05) is 7.11 Å². The van der Waals surface area contributed by atoms with Crippen molar-refractivity contribution in [3.05, 3.63) is 75.1 Å². The number of Topliss-reactive ketones (excluding diaryl/α,β-unsaturated/α-hetero) is 1. The number of aryl methyl sites for hydroxylation is 2. The van der Waals surface area contributed by atoms with Gasteiger partial charge >= 0.3 is 5.63 Å². The van der Waals surface area contributed by atoms with Crippen molar-refractivity contribution in [1.82, 2.24) is 0 Å². The maximum atomic E-state index is 12.6. The number of hydrogen-bond acceptors (Lipinski definition) is 4. The molecule has 0 N–H and O–H groups in total. The van der Waals surface area contributed by atoms with Crippen LogP contribution >= 0.6 is 0 Å². The molecule has 2 aromatic carbocycles. The number of carbonyl (C=O) groups excluding carboxylic acids is 1. The lowest BCUT2D eigenvalue weighted by atomic mass is 9.97. The fourth-order valence-corrected chi connectivity index (χ4v) is 2.95. The standard InChI is InChI=1S/C20H18O4/c1-12-15-9-10-17(23-3)13(2)19(15)24-20(22)18(12)16(21)11-14-7-5-4-6-8-14/h4-10H,11H2,1-3H3. The Morgan fingerprint density at radius 2 is 1.75 bits per heavy atom. The summed E-state index contributed by atoms with van der Waals surface area (Å²) in [5.41, 5.74) is 2.25. The lowest BCUT2D eigenvalue weighted by Crippen LogP contribution is -2.18. The van der Waals surface area contributed by atoms with Crippen LogP contribution in [0.3, 0.4) is 0 Å². The van der Waals surface area contributed by atoms with Crippen molar-refractivity contribution >= 4 is 16.8 Å². The fourth-order valence-electron chi connectivity index (χ4n) is 2.95. The van der Waals surface area contributed by atoms with Crippen LogP contribution in [-0.4, -0.2) is 12.9 Å². The van der Waals surface area contributed by atoms with E-state index < -0.39 is 5.63 Å². The molecule has 4 heteroatoms. The second kappa shape index (κ2) is 6.32. The van der Waals surface area contributed by atoms with Crippen molar-refractivity contribution in [1.29, 1.82) is 0 Å². The zero-order chi connectivity index (χ0) is 17.3. The molecular weight excluding hydrogens is 304 g/mol. The monoisotopic (exact) mass is 322 g/mol. The minimum absolute atomic E-state index is 0.121. The molecule has 1 aromatic heterocycles. The molecule has 0 aliphatic rings. The van der Waals surface area contributed by atoms with Crippen LogP contribution in [0.15, 0.2) is 51.7 Å². The van der Waals surface area contributed by atoms with Gasteiger partial charge in [-0.15, -0.1) is 0 Å². The van der Waals surface area contributed by atoms with E-state index in [2.05, 4.69) is 0 Å². The van der Waals surface area contributed by atoms with Gasteiger partial charge in [0.05, 0.1) is 7.11 Å². The summed E-state index contributed by atoms with van der Waals surface area (Å²) in [5.74, 6) is 0.413. The van der Waals surface area contributed by atoms with Crippen LogP contribution in [0.4, 0.5) is 0 Å². The summed E-state index contributed by atoms with van der Waals surface area (Å²) in [5, 5.41) is 0.754. The Labute approximate surface area is 139 Å². The van der Waals surface area contributed by atoms with Gasteiger partial charge < -0.3 is 9.15 Å². The Kier molecular flexibility index (Phi) is 4.21. The largest absolute Gasteiger partial charge is 0.496 e. The molecule has 122 valence electrons. The molecule has 24 heavy (non-hydrogen) atoms. The predicted molar refractivity (Wildman–Crippen MR) is 93.0 cm³/mol. The second-order valence-corrected chi connectivity index (χ2v) is 5.74. The average Bonchev–Trinajstić information content (AvgIpc) is 2.57. The van der Waals surface area contributed by atoms with Gasteiger partial charge in [-0.25, -0.2) is 4.79 Å². The van der Waals surface area contributed by atoms with Gasteiger partial charge in [0.2, 0.25) is 0 Å². The summed E-state index contributed by atoms with van der Waals surface area (Å²) in [6, 6.07) is 13.0. The first kappa shape index (κ1) is 16.0. The first-order chi connectivity index (χ1) is 11.5. The lowest BCUT2D eigenvalue weighted by molar-refractivity contribution is 0.0989. The minimum atomic E-state index is -0.600. The van der Waals surface area contributed by atoms with Crippen molar-refractivity contribution in [2.24, 2.45) is 0 Å². The molecular formula is C20H18O4. The number of ketones is 1. The first-order valence-corrected chi connectivity index (χ1v) is 7.71. The predicted octanol–water partition coefficient (Wildman–Crippen LogP) is 3.84. The summed E-state index contributed by atoms with van der Waals surface area (Å²) in [7, 11) is 1.57. The van der Waals surface area contributed by atoms with E-state index >= 15 is 0 Å². The van der Waals surface area contributed by atoms with E-state index in [4.69, 9.17) is 9.15 Å². The highest BCUT2D eigenvalue weighted by Crippen LogP contribution is 2.29. The molecule has 0 fully saturated rings. The van der Waals surface area contributed by atoms with Crippen LogP contribution in [-0.2, 0) is 6.42 Å². The Morgan fingerprint density at radius 3 is 2.42 bits per heavy atom. The van der Waals surface area contributed by atoms with E-state index in [1.165, 1.54) is 0 Å². The van der Waals surface area contributed by atoms with E-state index in [1.807, 2.05) is 49.4 Å². The van der Waals surface area contributed by atoms with Crippen molar-refractivity contribution < 1.29 is 13.9 Å². The minimum Gasteiger partial charge on any atom is -0.496 e. The Balaban J connectivity index is 2.12. The number of fused-ring (bicyclic) bond motifs is 1. The zero-order valence-electron chi connectivity index (χ0n) is 13.9. The van der Waals surface area contributed by atoms with E-state index in [1.54, 1.807) is 14.0 Å². The van der Waals surface area contributed by atoms with Gasteiger partial charge in [-0.1, -0.05) is 30.3 Å². The number of rotatable bonds is 4. The summed E-state index contributed by atoms with van der Waals surface area (Å²) in [4.78, 5) is 25.0. The fraction of sp³-hybridized carbons (Fsp3) is 0.200. The molecule has 0 radical (unpaired) electrons. The van der Waals surface area contributed by atoms with Gasteiger partial charge in [-0.05, 0) is 37.1 Å². The van der Waals surface area contributed by atoms with E-state index in [0.29, 0.717) is 16.9 Å². The number of ether oxygens (including phenoxy) is 1. The van der Waals surface area contributed by atoms with Crippen molar-refractivity contribution in [3.63, 3.8) is 0 Å². The number of carbonyl (C=O) groups is 1. The third kappa shape index (κ3) is 2.71. The van der Waals surface area contributed by atoms with Crippen LogP contribution in [0.1, 0.15) is 27.0 Å².